The predicted octanol–water partition coefficient (Wildman–Crippen LogP) is 4.08. The van der Waals surface area contributed by atoms with Crippen LogP contribution in [0.3, 0.4) is 0 Å². The van der Waals surface area contributed by atoms with Gasteiger partial charge in [0.1, 0.15) is 0 Å². The monoisotopic (exact) mass is 240 g/mol. The summed E-state index contributed by atoms with van der Waals surface area (Å²) < 4.78 is 35.8. The summed E-state index contributed by atoms with van der Waals surface area (Å²) in [6.07, 6.45) is 0.679. The number of hydrogen-bond acceptors (Lipinski definition) is 1. The van der Waals surface area contributed by atoms with Crippen molar-refractivity contribution in [3.05, 3.63) is 29.8 Å². The predicted molar refractivity (Wildman–Crippen MR) is 52.8 cm³/mol. The lowest BCUT2D eigenvalue weighted by Crippen LogP contribution is -1.98. The highest BCUT2D eigenvalue weighted by Gasteiger charge is 2.28. The Bertz CT molecular complexity index is 281. The normalized spacial score (nSPS) is 11.7. The Morgan fingerprint density at radius 3 is 2.14 bits per heavy atom. The molecule has 0 nitrogen and oxygen atoms in total. The fourth-order valence-corrected chi connectivity index (χ4v) is 1.72. The molecule has 0 bridgehead atoms. The van der Waals surface area contributed by atoms with E-state index in [9.17, 15) is 13.2 Å². The molecule has 1 rings (SSSR count). The minimum atomic E-state index is -4.21. The smallest absolute Gasteiger partial charge is 0.160 e. The van der Waals surface area contributed by atoms with Gasteiger partial charge in [-0.05, 0) is 35.9 Å². The highest BCUT2D eigenvalue weighted by molar-refractivity contribution is 8.00. The molecule has 0 aromatic heterocycles. The van der Waals surface area contributed by atoms with Crippen molar-refractivity contribution in [1.29, 1.82) is 0 Å². The summed E-state index contributed by atoms with van der Waals surface area (Å²) in [6.45, 7) is 0. The molecule has 0 spiro atoms. The van der Waals surface area contributed by atoms with Gasteiger partial charge in [0.05, 0.1) is 0 Å². The van der Waals surface area contributed by atoms with Gasteiger partial charge < -0.3 is 0 Å². The zero-order chi connectivity index (χ0) is 10.6. The Kier molecular flexibility index (Phi) is 4.13. The number of halogens is 4. The van der Waals surface area contributed by atoms with Gasteiger partial charge in [-0.1, -0.05) is 12.1 Å². The number of benzene rings is 1. The molecule has 0 atom stereocenters. The van der Waals surface area contributed by atoms with Crippen LogP contribution in [0.4, 0.5) is 13.2 Å². The van der Waals surface area contributed by atoms with Crippen LogP contribution < -0.4 is 0 Å². The quantitative estimate of drug-likeness (QED) is 0.567. The first-order valence-electron chi connectivity index (χ1n) is 3.92. The van der Waals surface area contributed by atoms with E-state index in [1.54, 1.807) is 12.1 Å². The summed E-state index contributed by atoms with van der Waals surface area (Å²) in [4.78, 5) is 0.204. The Morgan fingerprint density at radius 1 is 1.14 bits per heavy atom. The lowest BCUT2D eigenvalue weighted by Gasteiger charge is -2.05. The third-order valence-electron chi connectivity index (χ3n) is 1.54. The van der Waals surface area contributed by atoms with Crippen molar-refractivity contribution >= 4 is 23.4 Å². The highest BCUT2D eigenvalue weighted by atomic mass is 35.5. The molecule has 1 aromatic carbocycles. The van der Waals surface area contributed by atoms with Gasteiger partial charge in [0.15, 0.2) is 0 Å². The first kappa shape index (κ1) is 11.7. The van der Waals surface area contributed by atoms with Gasteiger partial charge in [-0.2, -0.15) is 13.2 Å². The Balaban J connectivity index is 2.64. The van der Waals surface area contributed by atoms with E-state index in [-0.39, 0.29) is 16.7 Å². The maximum absolute atomic E-state index is 11.9. The lowest BCUT2D eigenvalue weighted by molar-refractivity contribution is -0.0328. The molecule has 0 amide bonds. The van der Waals surface area contributed by atoms with Gasteiger partial charge >= 0.3 is 5.51 Å². The molecule has 0 heterocycles. The van der Waals surface area contributed by atoms with Crippen LogP contribution in [0.2, 0.25) is 0 Å². The van der Waals surface area contributed by atoms with E-state index >= 15 is 0 Å². The molecule has 14 heavy (non-hydrogen) atoms. The average Bonchev–Trinajstić information content (AvgIpc) is 2.06. The molecule has 0 aliphatic rings. The molecule has 78 valence electrons. The van der Waals surface area contributed by atoms with Gasteiger partial charge in [0.2, 0.25) is 0 Å². The summed E-state index contributed by atoms with van der Waals surface area (Å²) in [7, 11) is 0. The molecule has 0 saturated heterocycles. The summed E-state index contributed by atoms with van der Waals surface area (Å²) in [5, 5.41) is 0. The second-order valence-electron chi connectivity index (χ2n) is 2.63. The molecular weight excluding hydrogens is 233 g/mol. The minimum absolute atomic E-state index is 0.105. The molecule has 0 unspecified atom stereocenters. The van der Waals surface area contributed by atoms with E-state index in [1.165, 1.54) is 12.1 Å². The van der Waals surface area contributed by atoms with Crippen LogP contribution in [0.5, 0.6) is 0 Å². The van der Waals surface area contributed by atoms with Crippen LogP contribution in [0.15, 0.2) is 29.2 Å². The molecular formula is C9H8ClF3S. The van der Waals surface area contributed by atoms with E-state index < -0.39 is 5.51 Å². The van der Waals surface area contributed by atoms with Crippen molar-refractivity contribution in [2.75, 3.05) is 5.88 Å². The third kappa shape index (κ3) is 4.24. The second-order valence-corrected chi connectivity index (χ2v) is 4.15. The number of thioether (sulfide) groups is 1. The van der Waals surface area contributed by atoms with Gasteiger partial charge in [-0.3, -0.25) is 0 Å². The maximum Gasteiger partial charge on any atom is 0.446 e. The summed E-state index contributed by atoms with van der Waals surface area (Å²) in [6, 6.07) is 6.24. The van der Waals surface area contributed by atoms with E-state index in [4.69, 9.17) is 11.6 Å². The van der Waals surface area contributed by atoms with E-state index in [1.807, 2.05) is 0 Å². The van der Waals surface area contributed by atoms with Crippen molar-refractivity contribution in [3.8, 4) is 0 Å². The average molecular weight is 241 g/mol. The molecule has 0 aliphatic heterocycles. The number of alkyl halides is 4. The first-order valence-corrected chi connectivity index (χ1v) is 5.27. The topological polar surface area (TPSA) is 0 Å². The molecule has 0 fully saturated rings. The molecule has 0 saturated carbocycles. The minimum Gasteiger partial charge on any atom is -0.160 e. The standard InChI is InChI=1S/C9H8ClF3S/c10-6-5-7-1-3-8(4-2-7)14-9(11,12)13/h1-4H,5-6H2. The number of rotatable bonds is 3. The zero-order valence-electron chi connectivity index (χ0n) is 7.14. The largest absolute Gasteiger partial charge is 0.446 e. The van der Waals surface area contributed by atoms with Crippen LogP contribution in [0.25, 0.3) is 0 Å². The number of aryl methyl sites for hydroxylation is 1. The SMILES string of the molecule is FC(F)(F)Sc1ccc(CCCl)cc1. The number of hydrogen-bond donors (Lipinski definition) is 0. The molecule has 0 radical (unpaired) electrons. The molecule has 0 N–H and O–H groups in total. The zero-order valence-corrected chi connectivity index (χ0v) is 8.72. The van der Waals surface area contributed by atoms with Gasteiger partial charge in [-0.15, -0.1) is 11.6 Å². The maximum atomic E-state index is 11.9. The van der Waals surface area contributed by atoms with E-state index in [0.717, 1.165) is 5.56 Å². The fourth-order valence-electron chi connectivity index (χ4n) is 0.967. The highest BCUT2D eigenvalue weighted by Crippen LogP contribution is 2.36. The van der Waals surface area contributed by atoms with Crippen LogP contribution in [0.1, 0.15) is 5.56 Å². The van der Waals surface area contributed by atoms with Crippen molar-refractivity contribution in [2.45, 2.75) is 16.8 Å². The van der Waals surface area contributed by atoms with E-state index in [0.29, 0.717) is 12.3 Å². The summed E-state index contributed by atoms with van der Waals surface area (Å²) in [5.74, 6) is 0.478. The lowest BCUT2D eigenvalue weighted by atomic mass is 10.2. The first-order chi connectivity index (χ1) is 6.51. The fraction of sp³-hybridized carbons (Fsp3) is 0.333. The molecule has 1 aromatic rings. The summed E-state index contributed by atoms with van der Waals surface area (Å²) in [5.41, 5.74) is -3.26. The summed E-state index contributed by atoms with van der Waals surface area (Å²) >= 11 is 5.39. The Labute approximate surface area is 89.4 Å². The third-order valence-corrected chi connectivity index (χ3v) is 2.47. The van der Waals surface area contributed by atoms with Crippen molar-refractivity contribution in [3.63, 3.8) is 0 Å². The van der Waals surface area contributed by atoms with Crippen LogP contribution in [0, 0.1) is 0 Å². The Morgan fingerprint density at radius 2 is 1.71 bits per heavy atom. The van der Waals surface area contributed by atoms with Crippen molar-refractivity contribution < 1.29 is 13.2 Å². The molecule has 5 heteroatoms. The van der Waals surface area contributed by atoms with Crippen molar-refractivity contribution in [2.24, 2.45) is 0 Å². The Hall–Kier alpha value is -0.350. The van der Waals surface area contributed by atoms with Gasteiger partial charge in [0, 0.05) is 10.8 Å². The van der Waals surface area contributed by atoms with Gasteiger partial charge in [-0.25, -0.2) is 0 Å². The van der Waals surface area contributed by atoms with Crippen LogP contribution >= 0.6 is 23.4 Å². The van der Waals surface area contributed by atoms with Crippen LogP contribution in [-0.2, 0) is 6.42 Å². The van der Waals surface area contributed by atoms with Crippen molar-refractivity contribution in [1.82, 2.24) is 0 Å². The molecule has 0 aliphatic carbocycles. The second kappa shape index (κ2) is 4.94. The van der Waals surface area contributed by atoms with Crippen LogP contribution in [-0.4, -0.2) is 11.4 Å². The van der Waals surface area contributed by atoms with Gasteiger partial charge in [0.25, 0.3) is 0 Å². The van der Waals surface area contributed by atoms with E-state index in [2.05, 4.69) is 0 Å².